The summed E-state index contributed by atoms with van der Waals surface area (Å²) in [5, 5.41) is 0. The molecule has 0 radical (unpaired) electrons. The summed E-state index contributed by atoms with van der Waals surface area (Å²) in [6.07, 6.45) is -10.3. The van der Waals surface area contributed by atoms with E-state index < -0.39 is 24.5 Å². The highest BCUT2D eigenvalue weighted by Crippen LogP contribution is 2.28. The van der Waals surface area contributed by atoms with Crippen LogP contribution in [-0.2, 0) is 0 Å². The molecule has 10 heavy (non-hydrogen) atoms. The number of alkyl halides is 4. The summed E-state index contributed by atoms with van der Waals surface area (Å²) in [6, 6.07) is 0. The van der Waals surface area contributed by atoms with Crippen molar-refractivity contribution in [2.24, 2.45) is 0 Å². The lowest BCUT2D eigenvalue weighted by Gasteiger charge is -2.07. The normalized spacial score (nSPS) is 17.2. The third-order valence-electron chi connectivity index (χ3n) is 0.634. The third-order valence-corrected chi connectivity index (χ3v) is 0.634. The van der Waals surface area contributed by atoms with Gasteiger partial charge in [0.05, 0.1) is 0 Å². The molecule has 0 aromatic heterocycles. The van der Waals surface area contributed by atoms with Gasteiger partial charge in [-0.2, -0.15) is 13.2 Å². The zero-order chi connectivity index (χ0) is 8.36. The van der Waals surface area contributed by atoms with Crippen LogP contribution >= 0.6 is 0 Å². The molecule has 0 aliphatic rings. The van der Waals surface area contributed by atoms with E-state index in [2.05, 4.69) is 0 Å². The quantitative estimate of drug-likeness (QED) is 0.522. The Balaban J connectivity index is 4.23. The molecule has 0 heterocycles. The topological polar surface area (TPSA) is 0 Å². The average molecular weight is 164 g/mol. The molecule has 0 saturated carbocycles. The summed E-state index contributed by atoms with van der Waals surface area (Å²) in [7, 11) is 0. The van der Waals surface area contributed by atoms with E-state index in [0.29, 0.717) is 0 Å². The van der Waals surface area contributed by atoms with Crippen LogP contribution < -0.4 is 0 Å². The summed E-state index contributed by atoms with van der Waals surface area (Å²) < 4.78 is 67.0. The monoisotopic (exact) mass is 164 g/mol. The summed E-state index contributed by atoms with van der Waals surface area (Å²) in [6.45, 7) is 0. The molecule has 6 heteroatoms. The third kappa shape index (κ3) is 2.28. The van der Waals surface area contributed by atoms with E-state index in [9.17, 15) is 26.3 Å². The first-order valence-electron chi connectivity index (χ1n) is 2.06. The van der Waals surface area contributed by atoms with Crippen molar-refractivity contribution < 1.29 is 26.3 Å². The molecular formula is C4H2F6. The first kappa shape index (κ1) is 9.32. The summed E-state index contributed by atoms with van der Waals surface area (Å²) in [5.41, 5.74) is 0. The fraction of sp³-hybridized carbons (Fsp3) is 0.500. The van der Waals surface area contributed by atoms with Gasteiger partial charge in [0, 0.05) is 0 Å². The van der Waals surface area contributed by atoms with Crippen LogP contribution in [0.5, 0.6) is 0 Å². The Kier molecular flexibility index (Phi) is 2.74. The van der Waals surface area contributed by atoms with Crippen LogP contribution in [0.4, 0.5) is 26.3 Å². The van der Waals surface area contributed by atoms with E-state index in [-0.39, 0.29) is 0 Å². The second-order valence-electron chi connectivity index (χ2n) is 1.40. The number of halogens is 6. The number of rotatable bonds is 1. The second kappa shape index (κ2) is 2.94. The minimum atomic E-state index is -5.37. The Morgan fingerprint density at radius 2 is 1.70 bits per heavy atom. The van der Waals surface area contributed by atoms with Crippen molar-refractivity contribution in [2.45, 2.75) is 12.3 Å². The average Bonchev–Trinajstić information content (AvgIpc) is 1.83. The molecule has 0 aromatic rings. The van der Waals surface area contributed by atoms with Crippen molar-refractivity contribution in [1.29, 1.82) is 0 Å². The van der Waals surface area contributed by atoms with Gasteiger partial charge in [0.1, 0.15) is 6.33 Å². The van der Waals surface area contributed by atoms with Crippen LogP contribution in [0.3, 0.4) is 0 Å². The number of allylic oxidation sites excluding steroid dienone is 1. The van der Waals surface area contributed by atoms with E-state index >= 15 is 0 Å². The Morgan fingerprint density at radius 3 is 1.80 bits per heavy atom. The van der Waals surface area contributed by atoms with E-state index in [4.69, 9.17) is 0 Å². The molecule has 1 unspecified atom stereocenters. The van der Waals surface area contributed by atoms with E-state index in [1.165, 1.54) is 0 Å². The highest BCUT2D eigenvalue weighted by atomic mass is 19.4. The van der Waals surface area contributed by atoms with Crippen LogP contribution in [0, 0.1) is 0 Å². The summed E-state index contributed by atoms with van der Waals surface area (Å²) >= 11 is 0. The zero-order valence-electron chi connectivity index (χ0n) is 4.42. The minimum Gasteiger partial charge on any atom is -0.229 e. The molecular weight excluding hydrogens is 162 g/mol. The highest BCUT2D eigenvalue weighted by molar-refractivity contribution is 4.97. The maximum atomic E-state index is 11.5. The van der Waals surface area contributed by atoms with Gasteiger partial charge in [-0.1, -0.05) is 0 Å². The molecule has 0 bridgehead atoms. The van der Waals surface area contributed by atoms with Gasteiger partial charge in [-0.15, -0.1) is 0 Å². The molecule has 0 amide bonds. The Morgan fingerprint density at radius 1 is 1.30 bits per heavy atom. The second-order valence-corrected chi connectivity index (χ2v) is 1.40. The molecule has 0 rings (SSSR count). The fourth-order valence-electron chi connectivity index (χ4n) is 0.212. The number of hydrogen-bond donors (Lipinski definition) is 0. The zero-order valence-corrected chi connectivity index (χ0v) is 4.42. The van der Waals surface area contributed by atoms with Crippen molar-refractivity contribution in [3.63, 3.8) is 0 Å². The lowest BCUT2D eigenvalue weighted by Crippen LogP contribution is -2.24. The SMILES string of the molecule is F/C=C(/F)C(F)C(F)(F)F. The van der Waals surface area contributed by atoms with Gasteiger partial charge < -0.3 is 0 Å². The Hall–Kier alpha value is -0.680. The van der Waals surface area contributed by atoms with Crippen LogP contribution in [0.1, 0.15) is 0 Å². The van der Waals surface area contributed by atoms with Crippen molar-refractivity contribution in [1.82, 2.24) is 0 Å². The molecule has 0 nitrogen and oxygen atoms in total. The van der Waals surface area contributed by atoms with Crippen molar-refractivity contribution in [3.8, 4) is 0 Å². The van der Waals surface area contributed by atoms with Crippen molar-refractivity contribution in [2.75, 3.05) is 0 Å². The van der Waals surface area contributed by atoms with Gasteiger partial charge in [0.15, 0.2) is 5.83 Å². The van der Waals surface area contributed by atoms with Gasteiger partial charge in [-0.25, -0.2) is 13.2 Å². The summed E-state index contributed by atoms with van der Waals surface area (Å²) in [4.78, 5) is 0. The van der Waals surface area contributed by atoms with Gasteiger partial charge >= 0.3 is 6.18 Å². The van der Waals surface area contributed by atoms with E-state index in [1.807, 2.05) is 0 Å². The maximum absolute atomic E-state index is 11.5. The lowest BCUT2D eigenvalue weighted by molar-refractivity contribution is -0.173. The first-order valence-corrected chi connectivity index (χ1v) is 2.06. The minimum absolute atomic E-state index is 1.06. The standard InChI is InChI=1S/C4H2F6/c5-1-2(6)3(7)4(8,9)10/h1,3H/b2-1+. The molecule has 0 saturated heterocycles. The van der Waals surface area contributed by atoms with Crippen molar-refractivity contribution >= 4 is 0 Å². The molecule has 0 N–H and O–H groups in total. The largest absolute Gasteiger partial charge is 0.426 e. The van der Waals surface area contributed by atoms with Gasteiger partial charge in [0.25, 0.3) is 0 Å². The van der Waals surface area contributed by atoms with E-state index in [1.54, 1.807) is 0 Å². The van der Waals surface area contributed by atoms with Crippen LogP contribution in [0.15, 0.2) is 12.2 Å². The van der Waals surface area contributed by atoms with Crippen LogP contribution in [-0.4, -0.2) is 12.3 Å². The van der Waals surface area contributed by atoms with Gasteiger partial charge in [0.2, 0.25) is 6.17 Å². The molecule has 0 aromatic carbocycles. The van der Waals surface area contributed by atoms with Crippen molar-refractivity contribution in [3.05, 3.63) is 12.2 Å². The first-order chi connectivity index (χ1) is 4.39. The van der Waals surface area contributed by atoms with Gasteiger partial charge in [-0.3, -0.25) is 0 Å². The smallest absolute Gasteiger partial charge is 0.229 e. The molecule has 0 spiro atoms. The summed E-state index contributed by atoms with van der Waals surface area (Å²) in [5.74, 6) is -2.47. The molecule has 0 aliphatic heterocycles. The van der Waals surface area contributed by atoms with Gasteiger partial charge in [-0.05, 0) is 0 Å². The Labute approximate surface area is 52.1 Å². The maximum Gasteiger partial charge on any atom is 0.426 e. The highest BCUT2D eigenvalue weighted by Gasteiger charge is 2.43. The Bertz CT molecular complexity index is 133. The molecule has 0 aliphatic carbocycles. The fourth-order valence-corrected chi connectivity index (χ4v) is 0.212. The van der Waals surface area contributed by atoms with E-state index in [0.717, 1.165) is 0 Å². The predicted molar refractivity (Wildman–Crippen MR) is 21.2 cm³/mol. The van der Waals surface area contributed by atoms with Crippen LogP contribution in [0.2, 0.25) is 0 Å². The molecule has 1 atom stereocenters. The predicted octanol–water partition coefficient (Wildman–Crippen LogP) is 2.67. The lowest BCUT2D eigenvalue weighted by atomic mass is 10.3. The van der Waals surface area contributed by atoms with Crippen LogP contribution in [0.25, 0.3) is 0 Å². The molecule has 60 valence electrons. The molecule has 0 fully saturated rings. The number of hydrogen-bond acceptors (Lipinski definition) is 0.